The van der Waals surface area contributed by atoms with Crippen LogP contribution in [0.25, 0.3) is 0 Å². The van der Waals surface area contributed by atoms with Gasteiger partial charge in [-0.2, -0.15) is 8.78 Å². The van der Waals surface area contributed by atoms with E-state index in [4.69, 9.17) is 0 Å². The van der Waals surface area contributed by atoms with E-state index in [1.807, 2.05) is 0 Å². The Bertz CT molecular complexity index is 645. The van der Waals surface area contributed by atoms with E-state index in [0.717, 1.165) is 0 Å². The van der Waals surface area contributed by atoms with Gasteiger partial charge in [0.2, 0.25) is 12.1 Å². The SMILES string of the molecule is Cn1cnc([N+](=O)[O-])c1NCc1ccccc1OC(F)F. The molecule has 0 atom stereocenters. The molecular formula is C12H12F2N4O3. The molecule has 1 aromatic carbocycles. The number of nitrogens with one attached hydrogen (secondary N) is 1. The molecule has 0 saturated carbocycles. The number of nitrogens with zero attached hydrogens (tertiary/aromatic N) is 3. The number of aryl methyl sites for hydroxylation is 1. The highest BCUT2D eigenvalue weighted by molar-refractivity contribution is 5.52. The third-order valence-corrected chi connectivity index (χ3v) is 2.73. The lowest BCUT2D eigenvalue weighted by molar-refractivity contribution is -0.388. The normalized spacial score (nSPS) is 10.7. The van der Waals surface area contributed by atoms with Crippen LogP contribution in [0.1, 0.15) is 5.56 Å². The van der Waals surface area contributed by atoms with Crippen molar-refractivity contribution in [3.05, 3.63) is 46.3 Å². The number of ether oxygens (including phenoxy) is 1. The number of alkyl halides is 2. The van der Waals surface area contributed by atoms with Crippen molar-refractivity contribution in [1.82, 2.24) is 9.55 Å². The highest BCUT2D eigenvalue weighted by Gasteiger charge is 2.20. The standard InChI is InChI=1S/C12H12F2N4O3/c1-17-7-16-11(18(19)20)10(17)15-6-8-4-2-3-5-9(8)21-12(13)14/h2-5,7,12,15H,6H2,1H3. The maximum Gasteiger partial charge on any atom is 0.406 e. The minimum absolute atomic E-state index is 0.0184. The van der Waals surface area contributed by atoms with E-state index in [-0.39, 0.29) is 23.9 Å². The molecule has 9 heteroatoms. The van der Waals surface area contributed by atoms with Crippen molar-refractivity contribution in [3.63, 3.8) is 0 Å². The smallest absolute Gasteiger partial charge is 0.406 e. The van der Waals surface area contributed by atoms with Gasteiger partial charge in [-0.25, -0.2) is 0 Å². The molecule has 2 aromatic rings. The first-order valence-corrected chi connectivity index (χ1v) is 5.91. The van der Waals surface area contributed by atoms with Gasteiger partial charge in [-0.15, -0.1) is 0 Å². The maximum atomic E-state index is 12.3. The number of para-hydroxylation sites is 1. The first kappa shape index (κ1) is 14.7. The molecule has 0 aliphatic heterocycles. The lowest BCUT2D eigenvalue weighted by atomic mass is 10.2. The van der Waals surface area contributed by atoms with Crippen LogP contribution in [0.2, 0.25) is 0 Å². The van der Waals surface area contributed by atoms with Gasteiger partial charge in [0.15, 0.2) is 0 Å². The Balaban J connectivity index is 2.17. The second-order valence-corrected chi connectivity index (χ2v) is 4.12. The van der Waals surface area contributed by atoms with Gasteiger partial charge in [0.05, 0.1) is 0 Å². The molecule has 0 aliphatic carbocycles. The van der Waals surface area contributed by atoms with Gasteiger partial charge in [-0.3, -0.25) is 4.57 Å². The van der Waals surface area contributed by atoms with Crippen LogP contribution >= 0.6 is 0 Å². The summed E-state index contributed by atoms with van der Waals surface area (Å²) in [5.41, 5.74) is 0.452. The van der Waals surface area contributed by atoms with Gasteiger partial charge >= 0.3 is 12.4 Å². The summed E-state index contributed by atoms with van der Waals surface area (Å²) in [4.78, 5) is 13.9. The fourth-order valence-corrected chi connectivity index (χ4v) is 1.80. The summed E-state index contributed by atoms with van der Waals surface area (Å²) >= 11 is 0. The minimum Gasteiger partial charge on any atom is -0.434 e. The van der Waals surface area contributed by atoms with Crippen LogP contribution in [0.5, 0.6) is 5.75 Å². The molecular weight excluding hydrogens is 286 g/mol. The number of nitro groups is 1. The maximum absolute atomic E-state index is 12.3. The lowest BCUT2D eigenvalue weighted by Crippen LogP contribution is -2.09. The summed E-state index contributed by atoms with van der Waals surface area (Å²) in [7, 11) is 1.59. The van der Waals surface area contributed by atoms with E-state index >= 15 is 0 Å². The van der Waals surface area contributed by atoms with Crippen LogP contribution in [0, 0.1) is 10.1 Å². The number of benzene rings is 1. The van der Waals surface area contributed by atoms with Crippen molar-refractivity contribution in [2.24, 2.45) is 7.05 Å². The van der Waals surface area contributed by atoms with Crippen LogP contribution in [-0.2, 0) is 13.6 Å². The van der Waals surface area contributed by atoms with Crippen molar-refractivity contribution < 1.29 is 18.4 Å². The molecule has 0 radical (unpaired) electrons. The average molecular weight is 298 g/mol. The molecule has 0 fully saturated rings. The quantitative estimate of drug-likeness (QED) is 0.654. The van der Waals surface area contributed by atoms with Gasteiger partial charge in [0.1, 0.15) is 5.75 Å². The molecule has 0 bridgehead atoms. The third-order valence-electron chi connectivity index (χ3n) is 2.73. The second kappa shape index (κ2) is 6.16. The topological polar surface area (TPSA) is 82.2 Å². The van der Waals surface area contributed by atoms with E-state index in [9.17, 15) is 18.9 Å². The monoisotopic (exact) mass is 298 g/mol. The highest BCUT2D eigenvalue weighted by Crippen LogP contribution is 2.25. The number of rotatable bonds is 6. The first-order valence-electron chi connectivity index (χ1n) is 5.91. The van der Waals surface area contributed by atoms with E-state index < -0.39 is 11.5 Å². The fraction of sp³-hybridized carbons (Fsp3) is 0.250. The summed E-state index contributed by atoms with van der Waals surface area (Å²) < 4.78 is 30.4. The second-order valence-electron chi connectivity index (χ2n) is 4.12. The van der Waals surface area contributed by atoms with E-state index in [1.54, 1.807) is 25.2 Å². The average Bonchev–Trinajstić information content (AvgIpc) is 2.78. The zero-order valence-corrected chi connectivity index (χ0v) is 11.0. The van der Waals surface area contributed by atoms with Crippen molar-refractivity contribution in [3.8, 4) is 5.75 Å². The highest BCUT2D eigenvalue weighted by atomic mass is 19.3. The largest absolute Gasteiger partial charge is 0.434 e. The van der Waals surface area contributed by atoms with Crippen molar-refractivity contribution in [1.29, 1.82) is 0 Å². The Labute approximate surface area is 118 Å². The molecule has 0 aliphatic rings. The molecule has 1 heterocycles. The lowest BCUT2D eigenvalue weighted by Gasteiger charge is -2.11. The molecule has 112 valence electrons. The fourth-order valence-electron chi connectivity index (χ4n) is 1.80. The molecule has 0 spiro atoms. The molecule has 1 aromatic heterocycles. The molecule has 0 saturated heterocycles. The predicted octanol–water partition coefficient (Wildman–Crippen LogP) is 2.54. The van der Waals surface area contributed by atoms with Gasteiger partial charge in [-0.1, -0.05) is 18.2 Å². The number of halogens is 2. The summed E-state index contributed by atoms with van der Waals surface area (Å²) in [6.45, 7) is -2.85. The van der Waals surface area contributed by atoms with Crippen molar-refractivity contribution in [2.45, 2.75) is 13.2 Å². The molecule has 0 amide bonds. The zero-order chi connectivity index (χ0) is 15.4. The Kier molecular flexibility index (Phi) is 4.31. The van der Waals surface area contributed by atoms with E-state index in [0.29, 0.717) is 5.56 Å². The summed E-state index contributed by atoms with van der Waals surface area (Å²) in [6.07, 6.45) is 1.29. The first-order chi connectivity index (χ1) is 9.99. The number of imidazole rings is 1. The Morgan fingerprint density at radius 3 is 2.86 bits per heavy atom. The Hall–Kier alpha value is -2.71. The number of hydrogen-bond acceptors (Lipinski definition) is 5. The number of aromatic nitrogens is 2. The molecule has 21 heavy (non-hydrogen) atoms. The molecule has 7 nitrogen and oxygen atoms in total. The molecule has 1 N–H and O–H groups in total. The van der Waals surface area contributed by atoms with Gasteiger partial charge in [0.25, 0.3) is 0 Å². The summed E-state index contributed by atoms with van der Waals surface area (Å²) in [6, 6.07) is 6.22. The number of hydrogen-bond donors (Lipinski definition) is 1. The third kappa shape index (κ3) is 3.44. The van der Waals surface area contributed by atoms with Gasteiger partial charge in [0, 0.05) is 19.2 Å². The van der Waals surface area contributed by atoms with Gasteiger partial charge in [-0.05, 0) is 16.0 Å². The van der Waals surface area contributed by atoms with E-state index in [1.165, 1.54) is 17.0 Å². The Morgan fingerprint density at radius 2 is 2.19 bits per heavy atom. The van der Waals surface area contributed by atoms with Crippen molar-refractivity contribution >= 4 is 11.6 Å². The zero-order valence-electron chi connectivity index (χ0n) is 11.0. The minimum atomic E-state index is -2.93. The van der Waals surface area contributed by atoms with Crippen LogP contribution in [0.4, 0.5) is 20.4 Å². The summed E-state index contributed by atoms with van der Waals surface area (Å²) in [5.74, 6) is -0.124. The van der Waals surface area contributed by atoms with Crippen molar-refractivity contribution in [2.75, 3.05) is 5.32 Å². The molecule has 2 rings (SSSR count). The van der Waals surface area contributed by atoms with Crippen LogP contribution in [-0.4, -0.2) is 21.1 Å². The predicted molar refractivity (Wildman–Crippen MR) is 70.3 cm³/mol. The van der Waals surface area contributed by atoms with Crippen LogP contribution in [0.3, 0.4) is 0 Å². The molecule has 0 unspecified atom stereocenters. The van der Waals surface area contributed by atoms with Crippen LogP contribution < -0.4 is 10.1 Å². The van der Waals surface area contributed by atoms with E-state index in [2.05, 4.69) is 15.0 Å². The summed E-state index contributed by atoms with van der Waals surface area (Å²) in [5, 5.41) is 13.6. The Morgan fingerprint density at radius 1 is 1.48 bits per heavy atom. The number of anilines is 1. The van der Waals surface area contributed by atoms with Gasteiger partial charge < -0.3 is 20.2 Å². The van der Waals surface area contributed by atoms with Crippen LogP contribution in [0.15, 0.2) is 30.6 Å².